The maximum absolute atomic E-state index is 13.9. The zero-order chi connectivity index (χ0) is 26.2. The Morgan fingerprint density at radius 3 is 2.46 bits per heavy atom. The number of ether oxygens (including phenoxy) is 2. The number of nitrogens with one attached hydrogen (secondary N) is 1. The van der Waals surface area contributed by atoms with E-state index in [1.165, 1.54) is 6.42 Å². The SMILES string of the molecule is COc1ccc(CCN(C(=O)Cc2cccs2)[C@H](C(=O)NC2CCCCC2)c2sccc2C)cc1OC. The minimum atomic E-state index is -0.658. The summed E-state index contributed by atoms with van der Waals surface area (Å²) >= 11 is 3.11. The summed E-state index contributed by atoms with van der Waals surface area (Å²) in [5.74, 6) is 1.19. The maximum Gasteiger partial charge on any atom is 0.248 e. The van der Waals surface area contributed by atoms with Gasteiger partial charge in [0.05, 0.1) is 20.6 Å². The lowest BCUT2D eigenvalue weighted by molar-refractivity contribution is -0.140. The quantitative estimate of drug-likeness (QED) is 0.327. The molecule has 1 fully saturated rings. The monoisotopic (exact) mass is 540 g/mol. The van der Waals surface area contributed by atoms with Crippen LogP contribution >= 0.6 is 22.7 Å². The van der Waals surface area contributed by atoms with Gasteiger partial charge in [-0.3, -0.25) is 9.59 Å². The number of thiophene rings is 2. The lowest BCUT2D eigenvalue weighted by Gasteiger charge is -2.33. The van der Waals surface area contributed by atoms with E-state index >= 15 is 0 Å². The van der Waals surface area contributed by atoms with Gasteiger partial charge in [0.15, 0.2) is 11.5 Å². The van der Waals surface area contributed by atoms with Crippen molar-refractivity contribution in [2.24, 2.45) is 0 Å². The number of rotatable bonds is 11. The number of benzene rings is 1. The molecule has 1 N–H and O–H groups in total. The Morgan fingerprint density at radius 2 is 1.81 bits per heavy atom. The fourth-order valence-corrected chi connectivity index (χ4v) is 6.67. The second kappa shape index (κ2) is 13.1. The molecule has 2 aromatic heterocycles. The van der Waals surface area contributed by atoms with Crippen LogP contribution in [0.15, 0.2) is 47.2 Å². The molecular formula is C29H36N2O4S2. The first-order valence-electron chi connectivity index (χ1n) is 12.9. The summed E-state index contributed by atoms with van der Waals surface area (Å²) in [7, 11) is 3.23. The standard InChI is InChI=1S/C29H36N2O4S2/c1-20-14-17-37-28(20)27(29(33)30-22-8-5-4-6-9-22)31(26(32)19-23-10-7-16-36-23)15-13-21-11-12-24(34-2)25(18-21)35-3/h7,10-12,14,16-18,22,27H,4-6,8-9,13,15,19H2,1-3H3,(H,30,33)/t27-/m0/s1. The average molecular weight is 541 g/mol. The maximum atomic E-state index is 13.9. The Morgan fingerprint density at radius 1 is 1.03 bits per heavy atom. The van der Waals surface area contributed by atoms with Gasteiger partial charge in [-0.1, -0.05) is 31.4 Å². The second-order valence-corrected chi connectivity index (χ2v) is 11.5. The number of hydrogen-bond donors (Lipinski definition) is 1. The fraction of sp³-hybridized carbons (Fsp3) is 0.448. The van der Waals surface area contributed by atoms with Crippen LogP contribution in [0.2, 0.25) is 0 Å². The minimum Gasteiger partial charge on any atom is -0.493 e. The average Bonchev–Trinajstić information content (AvgIpc) is 3.58. The molecule has 0 saturated heterocycles. The topological polar surface area (TPSA) is 67.9 Å². The Balaban J connectivity index is 1.63. The van der Waals surface area contributed by atoms with Crippen molar-refractivity contribution in [3.05, 3.63) is 68.0 Å². The van der Waals surface area contributed by atoms with E-state index in [1.54, 1.807) is 41.8 Å². The molecule has 0 unspecified atom stereocenters. The van der Waals surface area contributed by atoms with Crippen LogP contribution in [0, 0.1) is 6.92 Å². The van der Waals surface area contributed by atoms with Crippen LogP contribution in [0.5, 0.6) is 11.5 Å². The van der Waals surface area contributed by atoms with Gasteiger partial charge in [-0.2, -0.15) is 0 Å². The highest BCUT2D eigenvalue weighted by Gasteiger charge is 2.34. The molecule has 198 valence electrons. The number of carbonyl (C=O) groups excluding carboxylic acids is 2. The van der Waals surface area contributed by atoms with E-state index in [0.29, 0.717) is 24.5 Å². The Labute approximate surface area is 227 Å². The van der Waals surface area contributed by atoms with Crippen LogP contribution in [0.25, 0.3) is 0 Å². The molecule has 6 nitrogen and oxygen atoms in total. The highest BCUT2D eigenvalue weighted by atomic mass is 32.1. The van der Waals surface area contributed by atoms with Crippen LogP contribution in [0.4, 0.5) is 0 Å². The molecule has 1 saturated carbocycles. The molecule has 2 amide bonds. The van der Waals surface area contributed by atoms with E-state index in [-0.39, 0.29) is 24.3 Å². The van der Waals surface area contributed by atoms with E-state index in [1.807, 2.05) is 54.1 Å². The summed E-state index contributed by atoms with van der Waals surface area (Å²) in [5, 5.41) is 7.28. The Kier molecular flexibility index (Phi) is 9.63. The Bertz CT molecular complexity index is 1170. The third-order valence-electron chi connectivity index (χ3n) is 6.98. The third-order valence-corrected chi connectivity index (χ3v) is 8.92. The fourth-order valence-electron chi connectivity index (χ4n) is 4.94. The van der Waals surface area contributed by atoms with E-state index in [0.717, 1.165) is 46.6 Å². The van der Waals surface area contributed by atoms with Gasteiger partial charge in [-0.15, -0.1) is 22.7 Å². The van der Waals surface area contributed by atoms with E-state index in [4.69, 9.17) is 9.47 Å². The number of aryl methyl sites for hydroxylation is 1. The van der Waals surface area contributed by atoms with Gasteiger partial charge in [0.2, 0.25) is 11.8 Å². The molecule has 0 radical (unpaired) electrons. The van der Waals surface area contributed by atoms with E-state index in [2.05, 4.69) is 5.32 Å². The highest BCUT2D eigenvalue weighted by Crippen LogP contribution is 2.32. The largest absolute Gasteiger partial charge is 0.493 e. The van der Waals surface area contributed by atoms with Crippen molar-refractivity contribution in [2.75, 3.05) is 20.8 Å². The molecule has 0 aliphatic heterocycles. The molecular weight excluding hydrogens is 504 g/mol. The van der Waals surface area contributed by atoms with Crippen molar-refractivity contribution in [3.8, 4) is 11.5 Å². The molecule has 1 atom stereocenters. The molecule has 1 aliphatic carbocycles. The zero-order valence-corrected chi connectivity index (χ0v) is 23.5. The van der Waals surface area contributed by atoms with Crippen molar-refractivity contribution in [3.63, 3.8) is 0 Å². The Hall–Kier alpha value is -2.84. The number of carbonyl (C=O) groups is 2. The molecule has 37 heavy (non-hydrogen) atoms. The second-order valence-electron chi connectivity index (χ2n) is 9.50. The molecule has 1 aromatic carbocycles. The molecule has 0 spiro atoms. The van der Waals surface area contributed by atoms with Crippen LogP contribution in [-0.4, -0.2) is 43.5 Å². The van der Waals surface area contributed by atoms with Gasteiger partial charge < -0.3 is 19.7 Å². The van der Waals surface area contributed by atoms with Gasteiger partial charge in [0, 0.05) is 22.3 Å². The van der Waals surface area contributed by atoms with Gasteiger partial charge in [-0.25, -0.2) is 0 Å². The van der Waals surface area contributed by atoms with Gasteiger partial charge >= 0.3 is 0 Å². The van der Waals surface area contributed by atoms with Gasteiger partial charge in [0.25, 0.3) is 0 Å². The summed E-state index contributed by atoms with van der Waals surface area (Å²) in [6.45, 7) is 2.43. The van der Waals surface area contributed by atoms with Crippen molar-refractivity contribution in [2.45, 2.75) is 64.0 Å². The van der Waals surface area contributed by atoms with Crippen LogP contribution < -0.4 is 14.8 Å². The normalized spacial score (nSPS) is 14.7. The van der Waals surface area contributed by atoms with Crippen LogP contribution in [-0.2, 0) is 22.4 Å². The first kappa shape index (κ1) is 27.2. The van der Waals surface area contributed by atoms with E-state index in [9.17, 15) is 9.59 Å². The number of hydrogen-bond acceptors (Lipinski definition) is 6. The molecule has 1 aliphatic rings. The number of nitrogens with zero attached hydrogens (tertiary/aromatic N) is 1. The van der Waals surface area contributed by atoms with Gasteiger partial charge in [-0.05, 0) is 72.3 Å². The molecule has 4 rings (SSSR count). The lowest BCUT2D eigenvalue weighted by atomic mass is 9.95. The lowest BCUT2D eigenvalue weighted by Crippen LogP contribution is -2.48. The summed E-state index contributed by atoms with van der Waals surface area (Å²) in [4.78, 5) is 31.4. The predicted octanol–water partition coefficient (Wildman–Crippen LogP) is 5.94. The minimum absolute atomic E-state index is 0.0421. The number of amides is 2. The smallest absolute Gasteiger partial charge is 0.248 e. The highest BCUT2D eigenvalue weighted by molar-refractivity contribution is 7.10. The van der Waals surface area contributed by atoms with Crippen LogP contribution in [0.1, 0.15) is 59.0 Å². The summed E-state index contributed by atoms with van der Waals surface area (Å²) in [5.41, 5.74) is 2.05. The summed E-state index contributed by atoms with van der Waals surface area (Å²) in [6.07, 6.45) is 6.35. The first-order valence-corrected chi connectivity index (χ1v) is 14.6. The number of methoxy groups -OCH3 is 2. The van der Waals surface area contributed by atoms with E-state index < -0.39 is 6.04 Å². The first-order chi connectivity index (χ1) is 18.0. The molecule has 2 heterocycles. The van der Waals surface area contributed by atoms with Crippen molar-refractivity contribution >= 4 is 34.5 Å². The predicted molar refractivity (Wildman–Crippen MR) is 150 cm³/mol. The zero-order valence-electron chi connectivity index (χ0n) is 21.8. The molecule has 0 bridgehead atoms. The van der Waals surface area contributed by atoms with Crippen molar-refractivity contribution < 1.29 is 19.1 Å². The van der Waals surface area contributed by atoms with Crippen molar-refractivity contribution in [1.82, 2.24) is 10.2 Å². The van der Waals surface area contributed by atoms with Crippen LogP contribution in [0.3, 0.4) is 0 Å². The molecule has 3 aromatic rings. The third kappa shape index (κ3) is 6.93. The van der Waals surface area contributed by atoms with Gasteiger partial charge in [0.1, 0.15) is 6.04 Å². The summed E-state index contributed by atoms with van der Waals surface area (Å²) < 4.78 is 10.9. The molecule has 8 heteroatoms. The summed E-state index contributed by atoms with van der Waals surface area (Å²) in [6, 6.07) is 11.3. The van der Waals surface area contributed by atoms with Crippen molar-refractivity contribution in [1.29, 1.82) is 0 Å².